The predicted octanol–water partition coefficient (Wildman–Crippen LogP) is 13.4. The summed E-state index contributed by atoms with van der Waals surface area (Å²) < 4.78 is 116. The number of ether oxygens (including phenoxy) is 6. The highest BCUT2D eigenvalue weighted by atomic mass is 19.4. The first-order chi connectivity index (χ1) is 35.3. The van der Waals surface area contributed by atoms with Crippen LogP contribution in [0.25, 0.3) is 0 Å². The van der Waals surface area contributed by atoms with E-state index in [9.17, 15) is 26.3 Å². The van der Waals surface area contributed by atoms with Gasteiger partial charge in [-0.1, -0.05) is 79.2 Å². The van der Waals surface area contributed by atoms with Crippen molar-refractivity contribution in [3.8, 4) is 34.5 Å². The van der Waals surface area contributed by atoms with E-state index in [4.69, 9.17) is 28.4 Å². The molecule has 8 nitrogen and oxygen atoms in total. The van der Waals surface area contributed by atoms with Gasteiger partial charge in [0.1, 0.15) is 47.7 Å². The highest BCUT2D eigenvalue weighted by Crippen LogP contribution is 2.50. The van der Waals surface area contributed by atoms with Crippen LogP contribution in [0, 0.1) is 0 Å². The molecule has 386 valence electrons. The maximum atomic E-state index is 13.5. The van der Waals surface area contributed by atoms with E-state index in [0.717, 1.165) is 85.2 Å². The first kappa shape index (κ1) is 51.5. The summed E-state index contributed by atoms with van der Waals surface area (Å²) in [7, 11) is 3.19. The maximum Gasteiger partial charge on any atom is 0.416 e. The van der Waals surface area contributed by atoms with Crippen molar-refractivity contribution in [2.45, 2.75) is 68.1 Å². The van der Waals surface area contributed by atoms with Gasteiger partial charge in [-0.3, -0.25) is 9.80 Å². The number of likely N-dealkylation sites (tertiary alicyclic amines) is 2. The third-order valence-corrected chi connectivity index (χ3v) is 14.5. The minimum absolute atomic E-state index is 0.179. The summed E-state index contributed by atoms with van der Waals surface area (Å²) in [4.78, 5) is 4.84. The number of hydrogen-bond acceptors (Lipinski definition) is 8. The highest BCUT2D eigenvalue weighted by molar-refractivity contribution is 5.53. The van der Waals surface area contributed by atoms with Gasteiger partial charge in [0.15, 0.2) is 0 Å². The number of alkyl halides is 6. The van der Waals surface area contributed by atoms with Gasteiger partial charge in [0, 0.05) is 60.0 Å². The highest BCUT2D eigenvalue weighted by Gasteiger charge is 2.38. The van der Waals surface area contributed by atoms with Crippen molar-refractivity contribution in [3.05, 3.63) is 178 Å². The molecule has 2 saturated heterocycles. The molecule has 0 N–H and O–H groups in total. The SMILES string of the molecule is COc1ccc2c(c1)OC[C@@H](c1cccc(C(F)(F)F)c1)[C@H]2c1ccc(OCCN2CCCC2)cc1.COc1ccc2c(c1)OC[C@@H](c1cccc(C(F)(F)F)c1)[C@H]2c1ccc(OCCN2CCCCC2)cc1. The van der Waals surface area contributed by atoms with Gasteiger partial charge in [0.2, 0.25) is 0 Å². The summed E-state index contributed by atoms with van der Waals surface area (Å²) >= 11 is 0. The molecule has 6 aromatic carbocycles. The third kappa shape index (κ3) is 12.7. The Labute approximate surface area is 423 Å². The van der Waals surface area contributed by atoms with Crippen LogP contribution < -0.4 is 28.4 Å². The second kappa shape index (κ2) is 23.2. The molecule has 4 aliphatic rings. The van der Waals surface area contributed by atoms with Gasteiger partial charge in [-0.25, -0.2) is 0 Å². The molecule has 0 amide bonds. The Morgan fingerprint density at radius 2 is 0.836 bits per heavy atom. The Kier molecular flexibility index (Phi) is 16.4. The lowest BCUT2D eigenvalue weighted by Gasteiger charge is -2.35. The summed E-state index contributed by atoms with van der Waals surface area (Å²) in [5.74, 6) is 3.38. The number of methoxy groups -OCH3 is 2. The molecule has 0 aliphatic carbocycles. The van der Waals surface area contributed by atoms with Crippen LogP contribution in [-0.2, 0) is 12.4 Å². The van der Waals surface area contributed by atoms with E-state index in [2.05, 4.69) is 9.80 Å². The molecule has 10 rings (SSSR count). The molecule has 4 aliphatic heterocycles. The number of piperidine rings is 1. The zero-order valence-electron chi connectivity index (χ0n) is 41.2. The van der Waals surface area contributed by atoms with E-state index >= 15 is 0 Å². The molecule has 0 radical (unpaired) electrons. The zero-order valence-corrected chi connectivity index (χ0v) is 41.2. The monoisotopic (exact) mass is 1010 g/mol. The topological polar surface area (TPSA) is 61.9 Å². The number of halogens is 6. The molecule has 0 bridgehead atoms. The fraction of sp³-hybridized carbons (Fsp3) is 0.390. The van der Waals surface area contributed by atoms with Gasteiger partial charge in [-0.2, -0.15) is 26.3 Å². The predicted molar refractivity (Wildman–Crippen MR) is 269 cm³/mol. The Morgan fingerprint density at radius 3 is 1.22 bits per heavy atom. The van der Waals surface area contributed by atoms with Crippen LogP contribution in [0.2, 0.25) is 0 Å². The number of nitrogens with zero attached hydrogens (tertiary/aromatic N) is 2. The quantitative estimate of drug-likeness (QED) is 0.100. The van der Waals surface area contributed by atoms with E-state index in [1.807, 2.05) is 84.9 Å². The van der Waals surface area contributed by atoms with E-state index in [1.165, 1.54) is 56.4 Å². The maximum absolute atomic E-state index is 13.5. The van der Waals surface area contributed by atoms with Crippen molar-refractivity contribution < 1.29 is 54.8 Å². The second-order valence-corrected chi connectivity index (χ2v) is 19.1. The van der Waals surface area contributed by atoms with Crippen molar-refractivity contribution in [1.29, 1.82) is 0 Å². The Balaban J connectivity index is 0.000000180. The summed E-state index contributed by atoms with van der Waals surface area (Å²) in [6.07, 6.45) is -2.50. The van der Waals surface area contributed by atoms with Gasteiger partial charge in [-0.15, -0.1) is 0 Å². The first-order valence-electron chi connectivity index (χ1n) is 25.2. The van der Waals surface area contributed by atoms with Crippen molar-refractivity contribution in [3.63, 3.8) is 0 Å². The molecular weight excluding hydrogens is 947 g/mol. The molecule has 4 heterocycles. The van der Waals surface area contributed by atoms with E-state index < -0.39 is 23.5 Å². The standard InChI is InChI=1S/C30H32F3NO3.C29H30F3NO3/c1-35-25-12-13-26-28(19-25)37-20-27(22-6-5-7-23(18-22)30(31,32)33)29(26)21-8-10-24(11-9-21)36-17-16-34-14-3-2-4-15-34;1-34-24-11-12-25-27(18-24)36-19-26(21-5-4-6-22(17-21)29(30,31)32)28(25)20-7-9-23(10-8-20)35-16-15-33-13-2-3-14-33/h5-13,18-19,27,29H,2-4,14-17,20H2,1H3;4-12,17-18,26,28H,2-3,13-16,19H2,1H3/t27-,29-;26-,28-/m00/s1. The smallest absolute Gasteiger partial charge is 0.416 e. The van der Waals surface area contributed by atoms with Crippen LogP contribution in [0.3, 0.4) is 0 Å². The Hall–Kier alpha value is -6.38. The molecule has 0 spiro atoms. The van der Waals surface area contributed by atoms with Gasteiger partial charge in [0.05, 0.1) is 38.6 Å². The molecule has 0 unspecified atom stereocenters. The fourth-order valence-electron chi connectivity index (χ4n) is 10.6. The lowest BCUT2D eigenvalue weighted by Crippen LogP contribution is -2.33. The van der Waals surface area contributed by atoms with E-state index in [1.54, 1.807) is 26.4 Å². The lowest BCUT2D eigenvalue weighted by atomic mass is 9.75. The minimum atomic E-state index is -4.40. The van der Waals surface area contributed by atoms with Crippen LogP contribution in [0.4, 0.5) is 26.3 Å². The molecule has 0 saturated carbocycles. The Bertz CT molecular complexity index is 2740. The lowest BCUT2D eigenvalue weighted by molar-refractivity contribution is -0.138. The summed E-state index contributed by atoms with van der Waals surface area (Å²) in [6, 6.07) is 38.3. The number of benzene rings is 6. The number of hydrogen-bond donors (Lipinski definition) is 0. The van der Waals surface area contributed by atoms with Crippen molar-refractivity contribution in [2.75, 3.05) is 79.9 Å². The molecule has 0 aromatic heterocycles. The molecule has 2 fully saturated rings. The number of fused-ring (bicyclic) bond motifs is 2. The first-order valence-corrected chi connectivity index (χ1v) is 25.2. The average molecular weight is 1010 g/mol. The van der Waals surface area contributed by atoms with Gasteiger partial charge in [0.25, 0.3) is 0 Å². The average Bonchev–Trinajstić information content (AvgIpc) is 3.94. The van der Waals surface area contributed by atoms with Gasteiger partial charge < -0.3 is 28.4 Å². The second-order valence-electron chi connectivity index (χ2n) is 19.1. The van der Waals surface area contributed by atoms with E-state index in [-0.39, 0.29) is 36.9 Å². The van der Waals surface area contributed by atoms with Crippen molar-refractivity contribution in [2.24, 2.45) is 0 Å². The molecule has 14 heteroatoms. The molecule has 4 atom stereocenters. The van der Waals surface area contributed by atoms with Gasteiger partial charge >= 0.3 is 12.4 Å². The molecule has 73 heavy (non-hydrogen) atoms. The van der Waals surface area contributed by atoms with Crippen LogP contribution in [-0.4, -0.2) is 89.7 Å². The minimum Gasteiger partial charge on any atom is -0.497 e. The molecular formula is C59H62F6N2O6. The fourth-order valence-corrected chi connectivity index (χ4v) is 10.6. The van der Waals surface area contributed by atoms with Crippen molar-refractivity contribution in [1.82, 2.24) is 9.80 Å². The van der Waals surface area contributed by atoms with Crippen LogP contribution >= 0.6 is 0 Å². The van der Waals surface area contributed by atoms with Gasteiger partial charge in [-0.05, 0) is 123 Å². The Morgan fingerprint density at radius 1 is 0.452 bits per heavy atom. The largest absolute Gasteiger partial charge is 0.497 e. The van der Waals surface area contributed by atoms with Crippen molar-refractivity contribution >= 4 is 0 Å². The number of rotatable bonds is 14. The van der Waals surface area contributed by atoms with Crippen LogP contribution in [0.1, 0.15) is 100 Å². The third-order valence-electron chi connectivity index (χ3n) is 14.5. The van der Waals surface area contributed by atoms with E-state index in [0.29, 0.717) is 47.3 Å². The van der Waals surface area contributed by atoms with Crippen LogP contribution in [0.5, 0.6) is 34.5 Å². The zero-order chi connectivity index (χ0) is 51.0. The summed E-state index contributed by atoms with van der Waals surface area (Å²) in [5.41, 5.74) is 3.74. The van der Waals surface area contributed by atoms with Crippen LogP contribution in [0.15, 0.2) is 133 Å². The normalized spacial score (nSPS) is 20.1. The molecule has 6 aromatic rings. The summed E-state index contributed by atoms with van der Waals surface area (Å²) in [5, 5.41) is 0. The summed E-state index contributed by atoms with van der Waals surface area (Å²) in [6.45, 7) is 8.14.